The number of halogens is 1. The van der Waals surface area contributed by atoms with Crippen molar-refractivity contribution >= 4 is 45.1 Å². The number of anilines is 1. The summed E-state index contributed by atoms with van der Waals surface area (Å²) in [6.45, 7) is 6.63. The highest BCUT2D eigenvalue weighted by molar-refractivity contribution is 6.31. The normalized spacial score (nSPS) is 24.7. The number of imidazole rings is 1. The van der Waals surface area contributed by atoms with Crippen LogP contribution in [-0.4, -0.2) is 62.7 Å². The van der Waals surface area contributed by atoms with E-state index >= 15 is 0 Å². The van der Waals surface area contributed by atoms with Crippen molar-refractivity contribution in [2.75, 3.05) is 31.6 Å². The van der Waals surface area contributed by atoms with Crippen molar-refractivity contribution in [2.45, 2.75) is 51.7 Å². The molecule has 8 nitrogen and oxygen atoms in total. The fourth-order valence-electron chi connectivity index (χ4n) is 9.28. The lowest BCUT2D eigenvalue weighted by atomic mass is 9.53. The van der Waals surface area contributed by atoms with E-state index in [1.165, 1.54) is 30.5 Å². The van der Waals surface area contributed by atoms with Crippen LogP contribution >= 0.6 is 11.6 Å². The fourth-order valence-corrected chi connectivity index (χ4v) is 9.45. The van der Waals surface area contributed by atoms with Crippen molar-refractivity contribution in [3.63, 3.8) is 0 Å². The molecule has 0 bridgehead atoms. The summed E-state index contributed by atoms with van der Waals surface area (Å²) in [6.07, 6.45) is 8.82. The van der Waals surface area contributed by atoms with E-state index in [0.717, 1.165) is 89.5 Å². The van der Waals surface area contributed by atoms with Crippen LogP contribution in [-0.2, 0) is 13.1 Å². The molecular weight excluding hydrogens is 608 g/mol. The minimum absolute atomic E-state index is 0.123. The number of methoxy groups -OCH3 is 1. The summed E-state index contributed by atoms with van der Waals surface area (Å²) in [5.74, 6) is 5.13. The molecule has 5 aromatic rings. The van der Waals surface area contributed by atoms with Crippen LogP contribution in [0.25, 0.3) is 33.5 Å². The molecule has 5 heterocycles. The number of likely N-dealkylation sites (tertiary alicyclic amines) is 1. The number of carbonyl (C=O) groups excluding carboxylic acids is 1. The van der Waals surface area contributed by atoms with E-state index in [1.807, 2.05) is 30.6 Å². The van der Waals surface area contributed by atoms with Gasteiger partial charge in [-0.2, -0.15) is 0 Å². The second kappa shape index (κ2) is 10.2. The molecule has 9 heteroatoms. The maximum atomic E-state index is 14.0. The lowest BCUT2D eigenvalue weighted by molar-refractivity contribution is -0.0204. The van der Waals surface area contributed by atoms with Crippen LogP contribution in [0.15, 0.2) is 54.9 Å². The lowest BCUT2D eigenvalue weighted by Gasteiger charge is -2.52. The van der Waals surface area contributed by atoms with Gasteiger partial charge in [0.05, 0.1) is 35.7 Å². The predicted molar refractivity (Wildman–Crippen MR) is 184 cm³/mol. The van der Waals surface area contributed by atoms with Gasteiger partial charge in [-0.3, -0.25) is 9.78 Å². The Hall–Kier alpha value is -4.04. The van der Waals surface area contributed by atoms with Gasteiger partial charge >= 0.3 is 0 Å². The fraction of sp³-hybridized carbons (Fsp3) is 0.447. The third kappa shape index (κ3) is 4.36. The molecule has 0 radical (unpaired) electrons. The smallest absolute Gasteiger partial charge is 0.254 e. The first-order valence-corrected chi connectivity index (χ1v) is 17.6. The van der Waals surface area contributed by atoms with Crippen LogP contribution in [0, 0.1) is 36.5 Å². The van der Waals surface area contributed by atoms with E-state index in [1.54, 1.807) is 7.11 Å². The van der Waals surface area contributed by atoms with E-state index < -0.39 is 0 Å². The topological polar surface area (TPSA) is 68.4 Å². The van der Waals surface area contributed by atoms with Gasteiger partial charge in [-0.05, 0) is 98.2 Å². The van der Waals surface area contributed by atoms with Crippen molar-refractivity contribution in [2.24, 2.45) is 29.6 Å². The summed E-state index contributed by atoms with van der Waals surface area (Å²) in [5.41, 5.74) is 7.04. The van der Waals surface area contributed by atoms with Gasteiger partial charge in [-0.15, -0.1) is 0 Å². The molecule has 2 aliphatic heterocycles. The Bertz CT molecular complexity index is 2090. The highest BCUT2D eigenvalue weighted by atomic mass is 35.5. The SMILES string of the molecule is COc1cc(C(=O)N2CC3CC4CC2[C@H]43)cc2nc(-c3cc4ccc(Cl)cc4n3CC3CC3)n(CC3CN(c4cncc(C)c4)C3)c12. The summed E-state index contributed by atoms with van der Waals surface area (Å²) in [4.78, 5) is 28.4. The number of nitrogens with zero attached hydrogens (tertiary/aromatic N) is 6. The third-order valence-electron chi connectivity index (χ3n) is 11.9. The number of amides is 1. The first-order chi connectivity index (χ1) is 22.9. The average Bonchev–Trinajstić information content (AvgIpc) is 3.69. The zero-order chi connectivity index (χ0) is 31.6. The van der Waals surface area contributed by atoms with E-state index in [2.05, 4.69) is 55.1 Å². The quantitative estimate of drug-likeness (QED) is 0.181. The standard InChI is InChI=1S/C38H39ClN6O2/c1-21-7-29(15-40-14-21)42-16-23(17-42)19-45-36-30(9-26(12-34(36)47-2)38(46)44-20-27-8-25-11-32(44)35(25)27)41-37(45)33-10-24-5-6-28(39)13-31(24)43(33)18-22-3-4-22/h5-7,9-10,12-15,22-23,25,27,32,35H,3-4,8,11,16-20H2,1-2H3/t25?,27?,32?,35-/m1/s1. The minimum Gasteiger partial charge on any atom is -0.494 e. The van der Waals surface area contributed by atoms with Gasteiger partial charge in [-0.1, -0.05) is 17.7 Å². The van der Waals surface area contributed by atoms with E-state index in [9.17, 15) is 4.79 Å². The van der Waals surface area contributed by atoms with Crippen LogP contribution in [0.4, 0.5) is 5.69 Å². The van der Waals surface area contributed by atoms with Crippen molar-refractivity contribution in [1.82, 2.24) is 24.0 Å². The third-order valence-corrected chi connectivity index (χ3v) is 12.1. The summed E-state index contributed by atoms with van der Waals surface area (Å²) in [7, 11) is 1.72. The number of hydrogen-bond acceptors (Lipinski definition) is 5. The van der Waals surface area contributed by atoms with Gasteiger partial charge < -0.3 is 23.7 Å². The number of rotatable bonds is 8. The zero-order valence-electron chi connectivity index (χ0n) is 26.9. The Kier molecular flexibility index (Phi) is 6.10. The van der Waals surface area contributed by atoms with Crippen LogP contribution in [0.5, 0.6) is 5.75 Å². The van der Waals surface area contributed by atoms with E-state index in [0.29, 0.717) is 35.1 Å². The van der Waals surface area contributed by atoms with Crippen LogP contribution in [0.3, 0.4) is 0 Å². The number of aromatic nitrogens is 4. The average molecular weight is 647 g/mol. The number of ether oxygens (including phenoxy) is 1. The number of hydrogen-bond donors (Lipinski definition) is 0. The van der Waals surface area contributed by atoms with Gasteiger partial charge in [0.25, 0.3) is 5.91 Å². The molecule has 5 fully saturated rings. The Labute approximate surface area is 279 Å². The first-order valence-electron chi connectivity index (χ1n) is 17.3. The number of pyridine rings is 1. The second-order valence-corrected chi connectivity index (χ2v) is 15.4. The number of aryl methyl sites for hydroxylation is 1. The first kappa shape index (κ1) is 28.0. The molecule has 3 unspecified atom stereocenters. The van der Waals surface area contributed by atoms with Gasteiger partial charge in [-0.25, -0.2) is 4.98 Å². The summed E-state index contributed by atoms with van der Waals surface area (Å²) >= 11 is 6.54. The minimum atomic E-state index is 0.123. The van der Waals surface area contributed by atoms with Crippen molar-refractivity contribution in [1.29, 1.82) is 0 Å². The summed E-state index contributed by atoms with van der Waals surface area (Å²) in [6, 6.07) is 15.0. The second-order valence-electron chi connectivity index (χ2n) is 15.0. The molecule has 4 atom stereocenters. The molecule has 2 aromatic carbocycles. The Morgan fingerprint density at radius 2 is 1.81 bits per heavy atom. The highest BCUT2D eigenvalue weighted by Crippen LogP contribution is 2.61. The van der Waals surface area contributed by atoms with Crippen molar-refractivity contribution < 1.29 is 9.53 Å². The zero-order valence-corrected chi connectivity index (χ0v) is 27.7. The molecular formula is C38H39ClN6O2. The molecule has 0 spiro atoms. The molecule has 5 aliphatic rings. The Morgan fingerprint density at radius 3 is 2.57 bits per heavy atom. The predicted octanol–water partition coefficient (Wildman–Crippen LogP) is 7.05. The van der Waals surface area contributed by atoms with Gasteiger partial charge in [0.15, 0.2) is 5.82 Å². The summed E-state index contributed by atoms with van der Waals surface area (Å²) < 4.78 is 10.9. The Morgan fingerprint density at radius 1 is 0.957 bits per heavy atom. The molecule has 1 amide bonds. The largest absolute Gasteiger partial charge is 0.494 e. The molecule has 3 saturated carbocycles. The van der Waals surface area contributed by atoms with Gasteiger partial charge in [0.1, 0.15) is 11.3 Å². The lowest BCUT2D eigenvalue weighted by Crippen LogP contribution is -2.53. The number of fused-ring (bicyclic) bond motifs is 2. The molecule has 2 saturated heterocycles. The number of carbonyl (C=O) groups is 1. The van der Waals surface area contributed by atoms with E-state index in [-0.39, 0.29) is 5.91 Å². The monoisotopic (exact) mass is 646 g/mol. The van der Waals surface area contributed by atoms with E-state index in [4.69, 9.17) is 21.3 Å². The molecule has 47 heavy (non-hydrogen) atoms. The summed E-state index contributed by atoms with van der Waals surface area (Å²) in [5, 5.41) is 1.90. The maximum absolute atomic E-state index is 14.0. The molecule has 240 valence electrons. The highest BCUT2D eigenvalue weighted by Gasteiger charge is 2.61. The van der Waals surface area contributed by atoms with Gasteiger partial charge in [0, 0.05) is 66.9 Å². The van der Waals surface area contributed by atoms with Crippen molar-refractivity contribution in [3.05, 3.63) is 71.0 Å². The molecule has 3 aromatic heterocycles. The molecule has 10 rings (SSSR count). The Balaban J connectivity index is 1.08. The molecule has 0 N–H and O–H groups in total. The van der Waals surface area contributed by atoms with Crippen molar-refractivity contribution in [3.8, 4) is 17.3 Å². The van der Waals surface area contributed by atoms with Crippen LogP contribution in [0.2, 0.25) is 5.02 Å². The van der Waals surface area contributed by atoms with Crippen LogP contribution in [0.1, 0.15) is 41.6 Å². The molecule has 3 aliphatic carbocycles. The van der Waals surface area contributed by atoms with Crippen LogP contribution < -0.4 is 9.64 Å². The number of benzene rings is 2. The maximum Gasteiger partial charge on any atom is 0.254 e. The van der Waals surface area contributed by atoms with Gasteiger partial charge in [0.2, 0.25) is 0 Å².